The van der Waals surface area contributed by atoms with E-state index in [0.29, 0.717) is 13.2 Å². The monoisotopic (exact) mass is 155 g/mol. The SMILES string of the molecule is CC1=NCNC(NCCO)=C1. The highest BCUT2D eigenvalue weighted by molar-refractivity contribution is 5.93. The Labute approximate surface area is 66.0 Å². The van der Waals surface area contributed by atoms with Crippen LogP contribution in [0.25, 0.3) is 0 Å². The van der Waals surface area contributed by atoms with Gasteiger partial charge in [-0.2, -0.15) is 0 Å². The summed E-state index contributed by atoms with van der Waals surface area (Å²) in [6.07, 6.45) is 1.92. The van der Waals surface area contributed by atoms with Crippen LogP contribution in [0.2, 0.25) is 0 Å². The number of aliphatic imine (C=N–C) groups is 1. The van der Waals surface area contributed by atoms with Gasteiger partial charge in [0.15, 0.2) is 0 Å². The largest absolute Gasteiger partial charge is 0.395 e. The van der Waals surface area contributed by atoms with Crippen molar-refractivity contribution in [3.63, 3.8) is 0 Å². The average molecular weight is 155 g/mol. The van der Waals surface area contributed by atoms with Crippen LogP contribution < -0.4 is 10.6 Å². The fraction of sp³-hybridized carbons (Fsp3) is 0.571. The zero-order valence-electron chi connectivity index (χ0n) is 6.59. The lowest BCUT2D eigenvalue weighted by molar-refractivity contribution is 0.295. The van der Waals surface area contributed by atoms with Gasteiger partial charge in [-0.1, -0.05) is 0 Å². The van der Waals surface area contributed by atoms with Crippen molar-refractivity contribution in [3.8, 4) is 0 Å². The van der Waals surface area contributed by atoms with Crippen molar-refractivity contribution in [2.45, 2.75) is 6.92 Å². The van der Waals surface area contributed by atoms with E-state index in [2.05, 4.69) is 15.6 Å². The highest BCUT2D eigenvalue weighted by Gasteiger charge is 1.99. The van der Waals surface area contributed by atoms with Crippen LogP contribution in [0, 0.1) is 0 Å². The van der Waals surface area contributed by atoms with Crippen LogP contribution in [0.5, 0.6) is 0 Å². The molecule has 0 aliphatic carbocycles. The van der Waals surface area contributed by atoms with E-state index in [1.807, 2.05) is 13.0 Å². The van der Waals surface area contributed by atoms with Gasteiger partial charge in [-0.15, -0.1) is 0 Å². The lowest BCUT2D eigenvalue weighted by Gasteiger charge is -2.14. The number of nitrogens with zero attached hydrogens (tertiary/aromatic N) is 1. The predicted octanol–water partition coefficient (Wildman–Crippen LogP) is -0.569. The maximum atomic E-state index is 8.52. The topological polar surface area (TPSA) is 56.7 Å². The molecule has 0 saturated heterocycles. The summed E-state index contributed by atoms with van der Waals surface area (Å²) in [4.78, 5) is 4.11. The average Bonchev–Trinajstić information content (AvgIpc) is 2.01. The predicted molar refractivity (Wildman–Crippen MR) is 44.3 cm³/mol. The molecular formula is C7H13N3O. The van der Waals surface area contributed by atoms with E-state index in [0.717, 1.165) is 11.5 Å². The van der Waals surface area contributed by atoms with Gasteiger partial charge in [0, 0.05) is 12.3 Å². The molecule has 1 aliphatic rings. The minimum atomic E-state index is 0.148. The third kappa shape index (κ3) is 2.59. The molecule has 0 fully saturated rings. The van der Waals surface area contributed by atoms with Crippen LogP contribution in [0.3, 0.4) is 0 Å². The first kappa shape index (κ1) is 8.07. The first-order valence-corrected chi connectivity index (χ1v) is 3.64. The number of aliphatic hydroxyl groups is 1. The second-order valence-electron chi connectivity index (χ2n) is 2.34. The minimum Gasteiger partial charge on any atom is -0.395 e. The Bertz CT molecular complexity index is 186. The highest BCUT2D eigenvalue weighted by Crippen LogP contribution is 1.92. The Morgan fingerprint density at radius 3 is 3.27 bits per heavy atom. The smallest absolute Gasteiger partial charge is 0.109 e. The number of aliphatic hydroxyl groups excluding tert-OH is 1. The molecule has 4 heteroatoms. The van der Waals surface area contributed by atoms with E-state index < -0.39 is 0 Å². The Balaban J connectivity index is 2.39. The lowest BCUT2D eigenvalue weighted by atomic mass is 10.3. The van der Waals surface area contributed by atoms with Crippen molar-refractivity contribution in [2.24, 2.45) is 4.99 Å². The molecule has 0 atom stereocenters. The lowest BCUT2D eigenvalue weighted by Crippen LogP contribution is -2.31. The van der Waals surface area contributed by atoms with Crippen LogP contribution in [0.4, 0.5) is 0 Å². The summed E-state index contributed by atoms with van der Waals surface area (Å²) < 4.78 is 0. The normalized spacial score (nSPS) is 16.5. The molecule has 4 nitrogen and oxygen atoms in total. The van der Waals surface area contributed by atoms with Gasteiger partial charge in [0.25, 0.3) is 0 Å². The van der Waals surface area contributed by atoms with Crippen molar-refractivity contribution in [2.75, 3.05) is 19.8 Å². The standard InChI is InChI=1S/C7H13N3O/c1-6-4-7(8-2-3-11)10-5-9-6/h4,8,10-11H,2-3,5H2,1H3. The molecule has 1 aliphatic heterocycles. The van der Waals surface area contributed by atoms with Gasteiger partial charge in [0.05, 0.1) is 6.61 Å². The Morgan fingerprint density at radius 2 is 2.64 bits per heavy atom. The molecule has 62 valence electrons. The molecule has 1 heterocycles. The summed E-state index contributed by atoms with van der Waals surface area (Å²) in [7, 11) is 0. The molecule has 0 unspecified atom stereocenters. The summed E-state index contributed by atoms with van der Waals surface area (Å²) in [6.45, 7) is 3.29. The zero-order valence-corrected chi connectivity index (χ0v) is 6.59. The molecule has 3 N–H and O–H groups in total. The molecule has 1 rings (SSSR count). The number of rotatable bonds is 3. The molecule has 0 saturated carbocycles. The second-order valence-corrected chi connectivity index (χ2v) is 2.34. The minimum absolute atomic E-state index is 0.148. The van der Waals surface area contributed by atoms with Gasteiger partial charge in [-0.3, -0.25) is 4.99 Å². The van der Waals surface area contributed by atoms with Gasteiger partial charge < -0.3 is 15.7 Å². The summed E-state index contributed by atoms with van der Waals surface area (Å²) in [5, 5.41) is 14.6. The second kappa shape index (κ2) is 3.98. The summed E-state index contributed by atoms with van der Waals surface area (Å²) in [6, 6.07) is 0. The van der Waals surface area contributed by atoms with Crippen molar-refractivity contribution >= 4 is 5.71 Å². The highest BCUT2D eigenvalue weighted by atomic mass is 16.3. The molecule has 0 aromatic carbocycles. The van der Waals surface area contributed by atoms with E-state index >= 15 is 0 Å². The molecule has 0 aromatic rings. The Kier molecular flexibility index (Phi) is 2.92. The van der Waals surface area contributed by atoms with Crippen molar-refractivity contribution < 1.29 is 5.11 Å². The van der Waals surface area contributed by atoms with Crippen LogP contribution >= 0.6 is 0 Å². The van der Waals surface area contributed by atoms with Gasteiger partial charge >= 0.3 is 0 Å². The van der Waals surface area contributed by atoms with Crippen molar-refractivity contribution in [3.05, 3.63) is 11.9 Å². The molecule has 0 bridgehead atoms. The van der Waals surface area contributed by atoms with Crippen molar-refractivity contribution in [1.82, 2.24) is 10.6 Å². The van der Waals surface area contributed by atoms with Crippen LogP contribution in [0.15, 0.2) is 16.9 Å². The first-order chi connectivity index (χ1) is 5.33. The zero-order chi connectivity index (χ0) is 8.10. The van der Waals surface area contributed by atoms with Gasteiger partial charge in [0.1, 0.15) is 12.5 Å². The van der Waals surface area contributed by atoms with E-state index in [1.54, 1.807) is 0 Å². The third-order valence-corrected chi connectivity index (χ3v) is 1.38. The van der Waals surface area contributed by atoms with Crippen molar-refractivity contribution in [1.29, 1.82) is 0 Å². The third-order valence-electron chi connectivity index (χ3n) is 1.38. The van der Waals surface area contributed by atoms with Crippen LogP contribution in [0.1, 0.15) is 6.92 Å². The van der Waals surface area contributed by atoms with E-state index in [4.69, 9.17) is 5.11 Å². The van der Waals surface area contributed by atoms with E-state index in [1.165, 1.54) is 0 Å². The maximum absolute atomic E-state index is 8.52. The molecular weight excluding hydrogens is 142 g/mol. The molecule has 0 radical (unpaired) electrons. The van der Waals surface area contributed by atoms with Gasteiger partial charge in [-0.25, -0.2) is 0 Å². The fourth-order valence-corrected chi connectivity index (χ4v) is 0.859. The number of hydrogen-bond donors (Lipinski definition) is 3. The fourth-order valence-electron chi connectivity index (χ4n) is 0.859. The van der Waals surface area contributed by atoms with Gasteiger partial charge in [-0.05, 0) is 13.0 Å². The number of hydrogen-bond acceptors (Lipinski definition) is 4. The molecule has 0 spiro atoms. The van der Waals surface area contributed by atoms with E-state index in [-0.39, 0.29) is 6.61 Å². The van der Waals surface area contributed by atoms with Crippen LogP contribution in [-0.4, -0.2) is 30.6 Å². The first-order valence-electron chi connectivity index (χ1n) is 3.64. The number of nitrogens with one attached hydrogen (secondary N) is 2. The Hall–Kier alpha value is -1.03. The quantitative estimate of drug-likeness (QED) is 0.511. The number of allylic oxidation sites excluding steroid dienone is 1. The summed E-state index contributed by atoms with van der Waals surface area (Å²) in [5.41, 5.74) is 1.00. The molecule has 0 aromatic heterocycles. The van der Waals surface area contributed by atoms with Gasteiger partial charge in [0.2, 0.25) is 0 Å². The maximum Gasteiger partial charge on any atom is 0.109 e. The van der Waals surface area contributed by atoms with E-state index in [9.17, 15) is 0 Å². The summed E-state index contributed by atoms with van der Waals surface area (Å²) >= 11 is 0. The molecule has 11 heavy (non-hydrogen) atoms. The molecule has 0 amide bonds. The summed E-state index contributed by atoms with van der Waals surface area (Å²) in [5.74, 6) is 0.937. The Morgan fingerprint density at radius 1 is 1.82 bits per heavy atom. The van der Waals surface area contributed by atoms with Crippen LogP contribution in [-0.2, 0) is 0 Å².